The molecule has 0 saturated heterocycles. The van der Waals surface area contributed by atoms with Crippen LogP contribution in [0.25, 0.3) is 0 Å². The summed E-state index contributed by atoms with van der Waals surface area (Å²) in [5, 5.41) is 9.57. The Bertz CT molecular complexity index is 597. The second-order valence-corrected chi connectivity index (χ2v) is 6.63. The maximum atomic E-state index is 11.6. The maximum absolute atomic E-state index is 11.6. The second-order valence-electron chi connectivity index (χ2n) is 5.64. The molecule has 0 spiro atoms. The molecular formula is C15H21N3O3S. The smallest absolute Gasteiger partial charge is 0.337 e. The predicted molar refractivity (Wildman–Crippen MR) is 82.5 cm³/mol. The molecule has 0 aliphatic carbocycles. The Balaban J connectivity index is 1.59. The molecular weight excluding hydrogens is 302 g/mol. The summed E-state index contributed by atoms with van der Waals surface area (Å²) in [6.07, 6.45) is 5.25. The molecule has 7 heteroatoms. The highest BCUT2D eigenvalue weighted by Crippen LogP contribution is 2.30. The van der Waals surface area contributed by atoms with Crippen LogP contribution in [0.3, 0.4) is 0 Å². The van der Waals surface area contributed by atoms with Crippen LogP contribution in [0.15, 0.2) is 16.5 Å². The van der Waals surface area contributed by atoms with Gasteiger partial charge in [0, 0.05) is 25.1 Å². The van der Waals surface area contributed by atoms with Gasteiger partial charge < -0.3 is 14.0 Å². The number of aromatic nitrogens is 3. The van der Waals surface area contributed by atoms with E-state index in [4.69, 9.17) is 9.47 Å². The highest BCUT2D eigenvalue weighted by atomic mass is 32.2. The fourth-order valence-corrected chi connectivity index (χ4v) is 3.88. The zero-order valence-electron chi connectivity index (χ0n) is 13.0. The van der Waals surface area contributed by atoms with Crippen molar-refractivity contribution < 1.29 is 14.3 Å². The molecule has 0 amide bonds. The van der Waals surface area contributed by atoms with E-state index in [1.54, 1.807) is 11.8 Å². The molecule has 0 bridgehead atoms. The molecule has 1 unspecified atom stereocenters. The molecule has 0 radical (unpaired) electrons. The lowest BCUT2D eigenvalue weighted by atomic mass is 10.1. The van der Waals surface area contributed by atoms with Crippen molar-refractivity contribution in [2.45, 2.75) is 56.8 Å². The van der Waals surface area contributed by atoms with Crippen molar-refractivity contribution in [2.24, 2.45) is 0 Å². The van der Waals surface area contributed by atoms with E-state index >= 15 is 0 Å². The van der Waals surface area contributed by atoms with Crippen molar-refractivity contribution in [1.29, 1.82) is 0 Å². The van der Waals surface area contributed by atoms with E-state index in [2.05, 4.69) is 14.8 Å². The highest BCUT2D eigenvalue weighted by Gasteiger charge is 2.29. The molecule has 0 fully saturated rings. The Kier molecular flexibility index (Phi) is 4.71. The zero-order chi connectivity index (χ0) is 15.5. The monoisotopic (exact) mass is 323 g/mol. The Hall–Kier alpha value is -1.50. The van der Waals surface area contributed by atoms with E-state index in [0.717, 1.165) is 29.7 Å². The molecule has 1 aromatic rings. The van der Waals surface area contributed by atoms with E-state index in [0.29, 0.717) is 17.8 Å². The molecule has 0 aromatic carbocycles. The molecule has 120 valence electrons. The standard InChI is InChI=1S/C15H21N3O3S/c1-10-12(14(19)20-2)8-11(21-10)9-22-15-17-16-13-6-4-3-5-7-18(13)15/h11H,3-9H2,1-2H3. The Morgan fingerprint density at radius 2 is 2.27 bits per heavy atom. The number of allylic oxidation sites excluding steroid dienone is 1. The average molecular weight is 323 g/mol. The minimum Gasteiger partial charge on any atom is -0.493 e. The largest absolute Gasteiger partial charge is 0.493 e. The second kappa shape index (κ2) is 6.73. The SMILES string of the molecule is COC(=O)C1=C(C)OC(CSc2nnc3n2CCCCC3)C1. The van der Waals surface area contributed by atoms with Crippen molar-refractivity contribution in [2.75, 3.05) is 12.9 Å². The third kappa shape index (κ3) is 3.14. The van der Waals surface area contributed by atoms with Crippen molar-refractivity contribution in [3.05, 3.63) is 17.2 Å². The number of fused-ring (bicyclic) bond motifs is 1. The van der Waals surface area contributed by atoms with Gasteiger partial charge in [-0.25, -0.2) is 4.79 Å². The predicted octanol–water partition coefficient (Wildman–Crippen LogP) is 2.33. The Morgan fingerprint density at radius 3 is 3.09 bits per heavy atom. The van der Waals surface area contributed by atoms with Crippen molar-refractivity contribution in [1.82, 2.24) is 14.8 Å². The van der Waals surface area contributed by atoms with Crippen LogP contribution in [0.4, 0.5) is 0 Å². The lowest BCUT2D eigenvalue weighted by Gasteiger charge is -2.11. The van der Waals surface area contributed by atoms with Gasteiger partial charge in [0.05, 0.1) is 12.7 Å². The number of carbonyl (C=O) groups is 1. The van der Waals surface area contributed by atoms with Crippen LogP contribution in [0.2, 0.25) is 0 Å². The molecule has 2 aliphatic heterocycles. The molecule has 2 aliphatic rings. The van der Waals surface area contributed by atoms with Gasteiger partial charge in [-0.05, 0) is 19.8 Å². The van der Waals surface area contributed by atoms with Crippen LogP contribution in [-0.2, 0) is 27.2 Å². The van der Waals surface area contributed by atoms with Gasteiger partial charge in [-0.15, -0.1) is 10.2 Å². The average Bonchev–Trinajstić information content (AvgIpc) is 2.99. The number of esters is 1. The number of ether oxygens (including phenoxy) is 2. The first-order valence-corrected chi connectivity index (χ1v) is 8.67. The fraction of sp³-hybridized carbons (Fsp3) is 0.667. The number of carbonyl (C=O) groups excluding carboxylic acids is 1. The maximum Gasteiger partial charge on any atom is 0.337 e. The van der Waals surface area contributed by atoms with Crippen molar-refractivity contribution in [3.63, 3.8) is 0 Å². The van der Waals surface area contributed by atoms with Crippen LogP contribution < -0.4 is 0 Å². The van der Waals surface area contributed by atoms with Gasteiger partial charge in [0.25, 0.3) is 0 Å². The summed E-state index contributed by atoms with van der Waals surface area (Å²) in [6.45, 7) is 2.82. The molecule has 0 saturated carbocycles. The molecule has 0 N–H and O–H groups in total. The summed E-state index contributed by atoms with van der Waals surface area (Å²) in [6, 6.07) is 0. The molecule has 22 heavy (non-hydrogen) atoms. The molecule has 1 aromatic heterocycles. The molecule has 3 rings (SSSR count). The Labute approximate surface area is 134 Å². The van der Waals surface area contributed by atoms with Gasteiger partial charge in [0.2, 0.25) is 0 Å². The van der Waals surface area contributed by atoms with Crippen LogP contribution in [-0.4, -0.2) is 39.7 Å². The molecule has 6 nitrogen and oxygen atoms in total. The third-order valence-electron chi connectivity index (χ3n) is 4.11. The number of hydrogen-bond donors (Lipinski definition) is 0. The summed E-state index contributed by atoms with van der Waals surface area (Å²) in [7, 11) is 1.40. The van der Waals surface area contributed by atoms with Gasteiger partial charge in [0.1, 0.15) is 17.7 Å². The van der Waals surface area contributed by atoms with Crippen LogP contribution in [0.5, 0.6) is 0 Å². The van der Waals surface area contributed by atoms with Crippen molar-refractivity contribution >= 4 is 17.7 Å². The van der Waals surface area contributed by atoms with E-state index < -0.39 is 0 Å². The summed E-state index contributed by atoms with van der Waals surface area (Å²) >= 11 is 1.66. The lowest BCUT2D eigenvalue weighted by molar-refractivity contribution is -0.136. The van der Waals surface area contributed by atoms with E-state index in [-0.39, 0.29) is 12.1 Å². The van der Waals surface area contributed by atoms with Gasteiger partial charge in [-0.2, -0.15) is 0 Å². The third-order valence-corrected chi connectivity index (χ3v) is 5.20. The van der Waals surface area contributed by atoms with E-state index in [9.17, 15) is 4.79 Å². The number of methoxy groups -OCH3 is 1. The number of aryl methyl sites for hydroxylation is 1. The Morgan fingerprint density at radius 1 is 1.41 bits per heavy atom. The van der Waals surface area contributed by atoms with E-state index in [1.807, 2.05) is 6.92 Å². The lowest BCUT2D eigenvalue weighted by Crippen LogP contribution is -2.12. The summed E-state index contributed by atoms with van der Waals surface area (Å²) in [5.74, 6) is 2.24. The van der Waals surface area contributed by atoms with Gasteiger partial charge >= 0.3 is 5.97 Å². The number of nitrogens with zero attached hydrogens (tertiary/aromatic N) is 3. The molecule has 3 heterocycles. The van der Waals surface area contributed by atoms with Gasteiger partial charge in [-0.1, -0.05) is 18.2 Å². The molecule has 1 atom stereocenters. The van der Waals surface area contributed by atoms with Crippen molar-refractivity contribution in [3.8, 4) is 0 Å². The fourth-order valence-electron chi connectivity index (χ4n) is 2.91. The minimum atomic E-state index is -0.290. The summed E-state index contributed by atoms with van der Waals surface area (Å²) in [4.78, 5) is 11.6. The minimum absolute atomic E-state index is 0.00201. The van der Waals surface area contributed by atoms with Crippen LogP contribution >= 0.6 is 11.8 Å². The normalized spacial score (nSPS) is 21.3. The van der Waals surface area contributed by atoms with Gasteiger partial charge in [0.15, 0.2) is 5.16 Å². The van der Waals surface area contributed by atoms with Crippen LogP contribution in [0, 0.1) is 0 Å². The first-order valence-electron chi connectivity index (χ1n) is 7.68. The zero-order valence-corrected chi connectivity index (χ0v) is 13.8. The van der Waals surface area contributed by atoms with E-state index in [1.165, 1.54) is 26.4 Å². The van der Waals surface area contributed by atoms with Gasteiger partial charge in [-0.3, -0.25) is 0 Å². The number of thioether (sulfide) groups is 1. The van der Waals surface area contributed by atoms with Crippen LogP contribution in [0.1, 0.15) is 38.4 Å². The first-order chi connectivity index (χ1) is 10.7. The number of hydrogen-bond acceptors (Lipinski definition) is 6. The quantitative estimate of drug-likeness (QED) is 0.626. The first kappa shape index (κ1) is 15.4. The topological polar surface area (TPSA) is 66.2 Å². The number of rotatable bonds is 4. The summed E-state index contributed by atoms with van der Waals surface area (Å²) in [5.41, 5.74) is 0.646. The highest BCUT2D eigenvalue weighted by molar-refractivity contribution is 7.99. The summed E-state index contributed by atoms with van der Waals surface area (Å²) < 4.78 is 12.8.